The maximum atomic E-state index is 4.89. The number of nitrogens with one attached hydrogen (secondary N) is 2. The van der Waals surface area contributed by atoms with Gasteiger partial charge in [0.2, 0.25) is 0 Å². The van der Waals surface area contributed by atoms with Crippen molar-refractivity contribution in [1.29, 1.82) is 0 Å². The molecule has 0 aromatic carbocycles. The number of rotatable bonds is 0. The van der Waals surface area contributed by atoms with E-state index in [1.165, 1.54) is 0 Å². The molecule has 4 bridgehead atoms. The molecule has 1 aliphatic heterocycles. The van der Waals surface area contributed by atoms with Crippen molar-refractivity contribution < 1.29 is 11.2 Å². The molecule has 0 unspecified atom stereocenters. The Morgan fingerprint density at radius 2 is 0.955 bits per heavy atom. The zero-order valence-corrected chi connectivity index (χ0v) is 15.0. The van der Waals surface area contributed by atoms with E-state index in [1.807, 2.05) is 24.3 Å². The zero-order chi connectivity index (χ0) is 15.8. The van der Waals surface area contributed by atoms with Crippen molar-refractivity contribution >= 4 is 30.3 Å². The summed E-state index contributed by atoms with van der Waals surface area (Å²) in [4.78, 5) is 9.20. The zero-order valence-electron chi connectivity index (χ0n) is 11.7. The third kappa shape index (κ3) is 6.80. The van der Waals surface area contributed by atoms with Crippen LogP contribution < -0.4 is 10.6 Å². The van der Waals surface area contributed by atoms with Crippen LogP contribution in [0.25, 0.3) is 0 Å². The molecule has 0 aliphatic carbocycles. The molecule has 3 rings (SSSR count). The Labute approximate surface area is 147 Å². The average molecular weight is 403 g/mol. The van der Waals surface area contributed by atoms with Gasteiger partial charge in [-0.3, -0.25) is 9.97 Å². The van der Waals surface area contributed by atoms with Crippen molar-refractivity contribution in [3.8, 4) is 0 Å². The van der Waals surface area contributed by atoms with Crippen molar-refractivity contribution in [1.82, 2.24) is 20.6 Å². The third-order valence-electron chi connectivity index (χ3n) is 2.95. The Hall–Kier alpha value is -0.391. The molecule has 0 saturated carbocycles. The summed E-state index contributed by atoms with van der Waals surface area (Å²) in [6.45, 7) is 3.11. The van der Waals surface area contributed by atoms with E-state index >= 15 is 0 Å². The number of halogens is 3. The molecule has 121 valence electrons. The van der Waals surface area contributed by atoms with Gasteiger partial charge in [-0.05, 0) is 24.3 Å². The molecule has 0 fully saturated rings. The average Bonchev–Trinajstić information content (AvgIpc) is 2.47. The van der Waals surface area contributed by atoms with Crippen LogP contribution in [0.4, 0.5) is 0 Å². The number of nitrogens with zero attached hydrogens (tertiary/aromatic N) is 2. The van der Waals surface area contributed by atoms with E-state index in [1.54, 1.807) is 0 Å². The van der Waals surface area contributed by atoms with Gasteiger partial charge in [0.25, 0.3) is 0 Å². The Balaban J connectivity index is 0.000000396. The molecule has 0 atom stereocenters. The monoisotopic (exact) mass is 401 g/mol. The molecule has 0 amide bonds. The fraction of sp³-hybridized carbons (Fsp3) is 0.286. The molecule has 0 saturated heterocycles. The van der Waals surface area contributed by atoms with Crippen LogP contribution in [0.3, 0.4) is 0 Å². The summed E-state index contributed by atoms with van der Waals surface area (Å²) < 4.78 is 0. The largest absolute Gasteiger partial charge is 0.306 e. The predicted octanol–water partition coefficient (Wildman–Crippen LogP) is 3.44. The van der Waals surface area contributed by atoms with Crippen LogP contribution in [0.2, 0.25) is 0 Å². The molecule has 2 aromatic heterocycles. The predicted molar refractivity (Wildman–Crippen MR) is 87.1 cm³/mol. The maximum Gasteiger partial charge on any atom is 0.0545 e. The topological polar surface area (TPSA) is 49.8 Å². The number of pyridine rings is 2. The summed E-state index contributed by atoms with van der Waals surface area (Å²) in [5, 5.41) is 6.75. The summed E-state index contributed by atoms with van der Waals surface area (Å²) in [5.74, 6) is 0. The molecule has 22 heavy (non-hydrogen) atoms. The summed E-state index contributed by atoms with van der Waals surface area (Å²) in [5.41, 5.74) is 4.30. The van der Waals surface area contributed by atoms with Crippen LogP contribution in [0.1, 0.15) is 22.8 Å². The SMILES string of the molecule is [Cl][Fe]([Cl])[Cl].c1cc2nc(c1)CNCc1cccc(n1)CNC2. The second kappa shape index (κ2) is 9.68. The molecule has 0 spiro atoms. The molecule has 2 N–H and O–H groups in total. The smallest absolute Gasteiger partial charge is 0.0545 e. The van der Waals surface area contributed by atoms with Crippen molar-refractivity contribution in [2.45, 2.75) is 26.2 Å². The van der Waals surface area contributed by atoms with Crippen molar-refractivity contribution in [2.75, 3.05) is 0 Å². The van der Waals surface area contributed by atoms with E-state index in [4.69, 9.17) is 30.3 Å². The van der Waals surface area contributed by atoms with E-state index in [0.29, 0.717) is 0 Å². The number of hydrogen-bond donors (Lipinski definition) is 2. The van der Waals surface area contributed by atoms with Gasteiger partial charge in [-0.15, -0.1) is 0 Å². The Morgan fingerprint density at radius 1 is 0.682 bits per heavy atom. The number of fused-ring (bicyclic) bond motifs is 4. The second-order valence-electron chi connectivity index (χ2n) is 4.60. The summed E-state index contributed by atoms with van der Waals surface area (Å²) in [7, 11) is 14.7. The van der Waals surface area contributed by atoms with Crippen LogP contribution >= 0.6 is 30.3 Å². The summed E-state index contributed by atoms with van der Waals surface area (Å²) >= 11 is -1.33. The van der Waals surface area contributed by atoms with E-state index in [2.05, 4.69) is 32.7 Å². The van der Waals surface area contributed by atoms with Gasteiger partial charge in [0, 0.05) is 26.2 Å². The maximum absolute atomic E-state index is 4.89. The molecule has 1 aliphatic rings. The van der Waals surface area contributed by atoms with Crippen molar-refractivity contribution in [3.05, 3.63) is 59.2 Å². The first-order chi connectivity index (χ1) is 10.6. The molecular weight excluding hydrogens is 386 g/mol. The normalized spacial score (nSPS) is 14.8. The molecule has 3 heterocycles. The van der Waals surface area contributed by atoms with Gasteiger partial charge in [-0.2, -0.15) is 0 Å². The molecule has 4 nitrogen and oxygen atoms in total. The van der Waals surface area contributed by atoms with Crippen LogP contribution in [-0.4, -0.2) is 9.97 Å². The van der Waals surface area contributed by atoms with Crippen molar-refractivity contribution in [3.63, 3.8) is 0 Å². The van der Waals surface area contributed by atoms with E-state index in [9.17, 15) is 0 Å². The van der Waals surface area contributed by atoms with Crippen LogP contribution in [0.5, 0.6) is 0 Å². The quantitative estimate of drug-likeness (QED) is 0.663. The Bertz CT molecular complexity index is 507. The van der Waals surface area contributed by atoms with Gasteiger partial charge < -0.3 is 10.6 Å². The first kappa shape index (κ1) is 18.0. The fourth-order valence-electron chi connectivity index (χ4n) is 2.09. The van der Waals surface area contributed by atoms with Gasteiger partial charge in [0.05, 0.1) is 22.8 Å². The van der Waals surface area contributed by atoms with E-state index in [-0.39, 0.29) is 0 Å². The minimum Gasteiger partial charge on any atom is -0.306 e. The molecule has 0 radical (unpaired) electrons. The molecule has 2 aromatic rings. The fourth-order valence-corrected chi connectivity index (χ4v) is 2.09. The van der Waals surface area contributed by atoms with Gasteiger partial charge in [0.1, 0.15) is 0 Å². The first-order valence-corrected chi connectivity index (χ1v) is 11.2. The Kier molecular flexibility index (Phi) is 7.90. The Morgan fingerprint density at radius 3 is 1.23 bits per heavy atom. The minimum atomic E-state index is -1.33. The third-order valence-corrected chi connectivity index (χ3v) is 2.95. The van der Waals surface area contributed by atoms with Crippen molar-refractivity contribution in [2.24, 2.45) is 0 Å². The number of aromatic nitrogens is 2. The molecule has 8 heteroatoms. The van der Waals surface area contributed by atoms with Gasteiger partial charge >= 0.3 is 41.5 Å². The van der Waals surface area contributed by atoms with Gasteiger partial charge in [-0.1, -0.05) is 12.1 Å². The second-order valence-corrected chi connectivity index (χ2v) is 10.1. The molecular formula is C14H16Cl3FeN4. The van der Waals surface area contributed by atoms with Gasteiger partial charge in [0.15, 0.2) is 0 Å². The number of hydrogen-bond acceptors (Lipinski definition) is 4. The first-order valence-electron chi connectivity index (χ1n) is 6.61. The van der Waals surface area contributed by atoms with Crippen LogP contribution in [0.15, 0.2) is 36.4 Å². The standard InChI is InChI=1S/C14H16N4.3ClH.Fe/c1-3-11-7-15-9-13-5-2-6-14(18-13)10-16-8-12(4-1)17-11;;;;/h1-6,15-16H,7-10H2;3*1H;/q;;;;+3/p-3. The van der Waals surface area contributed by atoms with Crippen LogP contribution in [0, 0.1) is 0 Å². The van der Waals surface area contributed by atoms with Crippen LogP contribution in [-0.2, 0) is 37.3 Å². The van der Waals surface area contributed by atoms with E-state index in [0.717, 1.165) is 49.0 Å². The minimum absolute atomic E-state index is 0.778. The summed E-state index contributed by atoms with van der Waals surface area (Å²) in [6, 6.07) is 12.3. The van der Waals surface area contributed by atoms with Gasteiger partial charge in [-0.25, -0.2) is 0 Å². The summed E-state index contributed by atoms with van der Waals surface area (Å²) in [6.07, 6.45) is 0. The van der Waals surface area contributed by atoms with E-state index < -0.39 is 11.2 Å².